The highest BCUT2D eigenvalue weighted by Gasteiger charge is 2.15. The molecule has 1 amide bonds. The van der Waals surface area contributed by atoms with E-state index in [2.05, 4.69) is 15.4 Å². The second kappa shape index (κ2) is 8.64. The number of carbonyl (C=O) groups is 1. The van der Waals surface area contributed by atoms with Crippen LogP contribution in [0.4, 0.5) is 15.8 Å². The summed E-state index contributed by atoms with van der Waals surface area (Å²) in [6.07, 6.45) is 0. The van der Waals surface area contributed by atoms with Gasteiger partial charge in [0.05, 0.1) is 17.7 Å². The number of nitrogens with zero attached hydrogens (tertiary/aromatic N) is 4. The molecule has 0 spiro atoms. The molecule has 1 heterocycles. The van der Waals surface area contributed by atoms with Crippen LogP contribution in [0, 0.1) is 15.9 Å². The van der Waals surface area contributed by atoms with Gasteiger partial charge in [0.1, 0.15) is 5.82 Å². The van der Waals surface area contributed by atoms with Crippen molar-refractivity contribution in [3.8, 4) is 23.1 Å². The molecule has 4 rings (SSSR count). The monoisotopic (exact) mass is 433 g/mol. The predicted molar refractivity (Wildman–Crippen MR) is 114 cm³/mol. The first-order chi connectivity index (χ1) is 15.4. The van der Waals surface area contributed by atoms with Gasteiger partial charge in [-0.3, -0.25) is 14.9 Å². The number of aromatic nitrogens is 3. The minimum Gasteiger partial charge on any atom is -0.466 e. The van der Waals surface area contributed by atoms with Crippen molar-refractivity contribution in [2.75, 3.05) is 12.4 Å². The second-order valence-electron chi connectivity index (χ2n) is 6.65. The Morgan fingerprint density at radius 2 is 1.81 bits per heavy atom. The van der Waals surface area contributed by atoms with Crippen LogP contribution in [0.1, 0.15) is 10.4 Å². The molecular formula is C22H16FN5O4. The molecule has 0 atom stereocenters. The number of benzene rings is 3. The number of hydrogen-bond acceptors (Lipinski definition) is 6. The molecule has 3 aromatic carbocycles. The van der Waals surface area contributed by atoms with Crippen molar-refractivity contribution in [2.45, 2.75) is 0 Å². The van der Waals surface area contributed by atoms with E-state index in [1.54, 1.807) is 36.4 Å². The molecule has 0 bridgehead atoms. The molecule has 0 saturated carbocycles. The van der Waals surface area contributed by atoms with E-state index in [1.807, 2.05) is 0 Å². The number of amides is 1. The van der Waals surface area contributed by atoms with Crippen molar-refractivity contribution < 1.29 is 18.8 Å². The van der Waals surface area contributed by atoms with Crippen molar-refractivity contribution in [2.24, 2.45) is 0 Å². The van der Waals surface area contributed by atoms with E-state index in [1.165, 1.54) is 48.2 Å². The van der Waals surface area contributed by atoms with Gasteiger partial charge in [0.25, 0.3) is 11.6 Å². The van der Waals surface area contributed by atoms with E-state index >= 15 is 0 Å². The standard InChI is InChI=1S/C22H16FN5O4/c1-32-22-25-20(15-3-2-4-16(23)13-15)27(26-22)18-11-7-17(8-12-18)24-21(29)14-5-9-19(10-6-14)28(30)31/h2-13H,1H3,(H,24,29). The fourth-order valence-electron chi connectivity index (χ4n) is 3.00. The zero-order valence-electron chi connectivity index (χ0n) is 16.7. The van der Waals surface area contributed by atoms with E-state index in [0.29, 0.717) is 22.8 Å². The lowest BCUT2D eigenvalue weighted by atomic mass is 10.2. The third-order valence-corrected chi connectivity index (χ3v) is 4.56. The van der Waals surface area contributed by atoms with Gasteiger partial charge in [-0.05, 0) is 48.5 Å². The lowest BCUT2D eigenvalue weighted by Gasteiger charge is -2.08. The maximum Gasteiger partial charge on any atom is 0.336 e. The molecule has 1 N–H and O–H groups in total. The lowest BCUT2D eigenvalue weighted by Crippen LogP contribution is -2.12. The summed E-state index contributed by atoms with van der Waals surface area (Å²) in [5, 5.41) is 17.8. The minimum atomic E-state index is -0.530. The van der Waals surface area contributed by atoms with E-state index in [4.69, 9.17) is 4.74 Å². The molecule has 10 heteroatoms. The molecule has 0 radical (unpaired) electrons. The van der Waals surface area contributed by atoms with E-state index in [-0.39, 0.29) is 17.3 Å². The van der Waals surface area contributed by atoms with Crippen LogP contribution in [-0.4, -0.2) is 32.7 Å². The smallest absolute Gasteiger partial charge is 0.336 e. The molecule has 0 aliphatic rings. The number of nitro groups is 1. The summed E-state index contributed by atoms with van der Waals surface area (Å²) < 4.78 is 20.3. The number of nitro benzene ring substituents is 1. The summed E-state index contributed by atoms with van der Waals surface area (Å²) >= 11 is 0. The average molecular weight is 433 g/mol. The largest absolute Gasteiger partial charge is 0.466 e. The molecule has 32 heavy (non-hydrogen) atoms. The van der Waals surface area contributed by atoms with Crippen LogP contribution in [0.3, 0.4) is 0 Å². The Labute approximate surface area is 181 Å². The maximum absolute atomic E-state index is 13.7. The summed E-state index contributed by atoms with van der Waals surface area (Å²) in [6, 6.07) is 18.2. The number of carbonyl (C=O) groups excluding carboxylic acids is 1. The van der Waals surface area contributed by atoms with Crippen LogP contribution >= 0.6 is 0 Å². The number of nitrogens with one attached hydrogen (secondary N) is 1. The molecule has 0 fully saturated rings. The summed E-state index contributed by atoms with van der Waals surface area (Å²) in [5.74, 6) is -0.417. The molecule has 160 valence electrons. The number of rotatable bonds is 6. The number of hydrogen-bond donors (Lipinski definition) is 1. The summed E-state index contributed by atoms with van der Waals surface area (Å²) in [5.41, 5.74) is 1.85. The highest BCUT2D eigenvalue weighted by atomic mass is 19.1. The van der Waals surface area contributed by atoms with Crippen LogP contribution in [0.15, 0.2) is 72.8 Å². The number of non-ortho nitro benzene ring substituents is 1. The number of anilines is 1. The Bertz CT molecular complexity index is 1290. The number of methoxy groups -OCH3 is 1. The van der Waals surface area contributed by atoms with Gasteiger partial charge in [0, 0.05) is 28.9 Å². The van der Waals surface area contributed by atoms with Crippen molar-refractivity contribution in [3.05, 3.63) is 94.3 Å². The summed E-state index contributed by atoms with van der Waals surface area (Å²) in [4.78, 5) is 26.9. The first-order valence-electron chi connectivity index (χ1n) is 9.38. The minimum absolute atomic E-state index is 0.0942. The van der Waals surface area contributed by atoms with Gasteiger partial charge in [-0.2, -0.15) is 4.98 Å². The van der Waals surface area contributed by atoms with Crippen LogP contribution in [-0.2, 0) is 0 Å². The van der Waals surface area contributed by atoms with Crippen LogP contribution in [0.5, 0.6) is 6.01 Å². The lowest BCUT2D eigenvalue weighted by molar-refractivity contribution is -0.384. The Morgan fingerprint density at radius 1 is 1.09 bits per heavy atom. The first-order valence-corrected chi connectivity index (χ1v) is 9.38. The van der Waals surface area contributed by atoms with Crippen LogP contribution in [0.2, 0.25) is 0 Å². The zero-order valence-corrected chi connectivity index (χ0v) is 16.7. The summed E-state index contributed by atoms with van der Waals surface area (Å²) in [7, 11) is 1.44. The van der Waals surface area contributed by atoms with Crippen molar-refractivity contribution in [3.63, 3.8) is 0 Å². The molecular weight excluding hydrogens is 417 g/mol. The topological polar surface area (TPSA) is 112 Å². The number of ether oxygens (including phenoxy) is 1. The highest BCUT2D eigenvalue weighted by Crippen LogP contribution is 2.25. The zero-order chi connectivity index (χ0) is 22.7. The Morgan fingerprint density at radius 3 is 2.44 bits per heavy atom. The Kier molecular flexibility index (Phi) is 5.58. The molecule has 0 aliphatic heterocycles. The van der Waals surface area contributed by atoms with Gasteiger partial charge in [-0.15, -0.1) is 5.10 Å². The van der Waals surface area contributed by atoms with Crippen molar-refractivity contribution >= 4 is 17.3 Å². The maximum atomic E-state index is 13.7. The van der Waals surface area contributed by atoms with Gasteiger partial charge in [0.2, 0.25) is 0 Å². The van der Waals surface area contributed by atoms with E-state index < -0.39 is 16.6 Å². The van der Waals surface area contributed by atoms with Gasteiger partial charge >= 0.3 is 6.01 Å². The fraction of sp³-hybridized carbons (Fsp3) is 0.0455. The molecule has 0 saturated heterocycles. The molecule has 0 aliphatic carbocycles. The average Bonchev–Trinajstić information content (AvgIpc) is 3.24. The number of halogens is 1. The fourth-order valence-corrected chi connectivity index (χ4v) is 3.00. The van der Waals surface area contributed by atoms with Gasteiger partial charge < -0.3 is 10.1 Å². The predicted octanol–water partition coefficient (Wildman–Crippen LogP) is 4.24. The van der Waals surface area contributed by atoms with Crippen LogP contribution < -0.4 is 10.1 Å². The van der Waals surface area contributed by atoms with Gasteiger partial charge in [-0.1, -0.05) is 12.1 Å². The molecule has 4 aromatic rings. The summed E-state index contributed by atoms with van der Waals surface area (Å²) in [6.45, 7) is 0. The van der Waals surface area contributed by atoms with Gasteiger partial charge in [-0.25, -0.2) is 9.07 Å². The molecule has 0 unspecified atom stereocenters. The third-order valence-electron chi connectivity index (χ3n) is 4.56. The Hall–Kier alpha value is -4.60. The van der Waals surface area contributed by atoms with E-state index in [9.17, 15) is 19.3 Å². The van der Waals surface area contributed by atoms with Crippen LogP contribution in [0.25, 0.3) is 17.1 Å². The van der Waals surface area contributed by atoms with Crippen molar-refractivity contribution in [1.29, 1.82) is 0 Å². The second-order valence-corrected chi connectivity index (χ2v) is 6.65. The SMILES string of the molecule is COc1nc(-c2cccc(F)c2)n(-c2ccc(NC(=O)c3ccc([N+](=O)[O-])cc3)cc2)n1. The first kappa shape index (κ1) is 20.7. The third kappa shape index (κ3) is 4.29. The van der Waals surface area contributed by atoms with E-state index in [0.717, 1.165) is 0 Å². The van der Waals surface area contributed by atoms with Crippen molar-refractivity contribution in [1.82, 2.24) is 14.8 Å². The normalized spacial score (nSPS) is 10.6. The highest BCUT2D eigenvalue weighted by molar-refractivity contribution is 6.04. The molecule has 9 nitrogen and oxygen atoms in total. The quantitative estimate of drug-likeness (QED) is 0.359. The van der Waals surface area contributed by atoms with Gasteiger partial charge in [0.15, 0.2) is 5.82 Å². The Balaban J connectivity index is 1.57. The molecule has 1 aromatic heterocycles.